The van der Waals surface area contributed by atoms with Crippen LogP contribution in [0.5, 0.6) is 0 Å². The molecule has 1 aromatic heterocycles. The number of nitrogens with zero attached hydrogens (tertiary/aromatic N) is 1. The van der Waals surface area contributed by atoms with Crippen LogP contribution in [-0.2, 0) is 30.8 Å². The molecule has 9 heteroatoms. The van der Waals surface area contributed by atoms with Crippen LogP contribution in [0.4, 0.5) is 5.69 Å². The third kappa shape index (κ3) is 5.09. The Morgan fingerprint density at radius 1 is 1.09 bits per heavy atom. The minimum Gasteiger partial charge on any atom is -0.464 e. The summed E-state index contributed by atoms with van der Waals surface area (Å²) in [6.07, 6.45) is 3.19. The summed E-state index contributed by atoms with van der Waals surface area (Å²) in [6.45, 7) is 4.50. The zero-order chi connectivity index (χ0) is 23.6. The number of nitrogens with one attached hydrogen (secondary N) is 1. The second-order valence-corrected chi connectivity index (χ2v) is 10.2. The van der Waals surface area contributed by atoms with Crippen LogP contribution in [0.1, 0.15) is 29.5 Å². The van der Waals surface area contributed by atoms with Crippen LogP contribution in [-0.4, -0.2) is 44.3 Å². The zero-order valence-electron chi connectivity index (χ0n) is 18.6. The van der Waals surface area contributed by atoms with Crippen LogP contribution < -0.4 is 5.32 Å². The molecule has 1 amide bonds. The van der Waals surface area contributed by atoms with E-state index >= 15 is 0 Å². The molecule has 0 atom stereocenters. The summed E-state index contributed by atoms with van der Waals surface area (Å²) in [5.74, 6) is -1.11. The molecule has 0 radical (unpaired) electrons. The maximum atomic E-state index is 12.7. The molecule has 8 nitrogen and oxygen atoms in total. The summed E-state index contributed by atoms with van der Waals surface area (Å²) in [6, 6.07) is 9.96. The fourth-order valence-electron chi connectivity index (χ4n) is 3.83. The van der Waals surface area contributed by atoms with Crippen molar-refractivity contribution in [3.05, 3.63) is 59.4 Å². The first kappa shape index (κ1) is 23.0. The molecule has 1 saturated heterocycles. The van der Waals surface area contributed by atoms with Crippen molar-refractivity contribution >= 4 is 38.6 Å². The monoisotopic (exact) mass is 470 g/mol. The molecule has 174 valence electrons. The average molecular weight is 471 g/mol. The normalized spacial score (nSPS) is 14.5. The van der Waals surface area contributed by atoms with Gasteiger partial charge in [0.1, 0.15) is 5.58 Å². The predicted octanol–water partition coefficient (Wildman–Crippen LogP) is 3.56. The van der Waals surface area contributed by atoms with Crippen molar-refractivity contribution in [3.63, 3.8) is 0 Å². The Bertz CT molecular complexity index is 1310. The zero-order valence-corrected chi connectivity index (χ0v) is 19.4. The van der Waals surface area contributed by atoms with Crippen molar-refractivity contribution < 1.29 is 27.2 Å². The van der Waals surface area contributed by atoms with Gasteiger partial charge in [-0.3, -0.25) is 9.59 Å². The lowest BCUT2D eigenvalue weighted by molar-refractivity contribution is -0.146. The fourth-order valence-corrected chi connectivity index (χ4v) is 5.40. The van der Waals surface area contributed by atoms with Gasteiger partial charge in [0.2, 0.25) is 10.0 Å². The number of anilines is 1. The Kier molecular flexibility index (Phi) is 6.53. The second-order valence-electron chi connectivity index (χ2n) is 8.22. The molecule has 1 fully saturated rings. The Hall–Kier alpha value is -3.17. The highest BCUT2D eigenvalue weighted by Gasteiger charge is 2.27. The van der Waals surface area contributed by atoms with Crippen LogP contribution >= 0.6 is 0 Å². The quantitative estimate of drug-likeness (QED) is 0.529. The van der Waals surface area contributed by atoms with Gasteiger partial charge < -0.3 is 14.5 Å². The van der Waals surface area contributed by atoms with E-state index in [1.807, 2.05) is 26.0 Å². The number of fused-ring (bicyclic) bond motifs is 1. The lowest BCUT2D eigenvalue weighted by atomic mass is 10.0. The van der Waals surface area contributed by atoms with E-state index in [1.54, 1.807) is 12.1 Å². The van der Waals surface area contributed by atoms with E-state index in [1.165, 1.54) is 22.7 Å². The van der Waals surface area contributed by atoms with Crippen molar-refractivity contribution in [1.82, 2.24) is 4.31 Å². The van der Waals surface area contributed by atoms with E-state index in [2.05, 4.69) is 5.32 Å². The molecule has 0 aliphatic carbocycles. The van der Waals surface area contributed by atoms with Crippen LogP contribution in [0.25, 0.3) is 11.0 Å². The van der Waals surface area contributed by atoms with Gasteiger partial charge in [-0.1, -0.05) is 6.07 Å². The summed E-state index contributed by atoms with van der Waals surface area (Å²) in [7, 11) is -3.59. The molecule has 0 spiro atoms. The molecular weight excluding hydrogens is 444 g/mol. The topological polar surface area (TPSA) is 106 Å². The van der Waals surface area contributed by atoms with Crippen molar-refractivity contribution in [2.24, 2.45) is 0 Å². The number of ether oxygens (including phenoxy) is 1. The van der Waals surface area contributed by atoms with Crippen LogP contribution in [0.3, 0.4) is 0 Å². The molecule has 0 bridgehead atoms. The molecular formula is C24H26N2O6S. The summed E-state index contributed by atoms with van der Waals surface area (Å²) in [5, 5.41) is 3.43. The summed E-state index contributed by atoms with van der Waals surface area (Å²) >= 11 is 0. The number of furan rings is 1. The first-order chi connectivity index (χ1) is 15.7. The summed E-state index contributed by atoms with van der Waals surface area (Å²) < 4.78 is 37.5. The highest BCUT2D eigenvalue weighted by atomic mass is 32.2. The van der Waals surface area contributed by atoms with E-state index in [9.17, 15) is 18.0 Å². The molecule has 3 aromatic rings. The van der Waals surface area contributed by atoms with Crippen molar-refractivity contribution in [2.75, 3.05) is 25.0 Å². The van der Waals surface area contributed by atoms with Gasteiger partial charge in [0.05, 0.1) is 17.6 Å². The molecule has 33 heavy (non-hydrogen) atoms. The Labute approximate surface area is 192 Å². The Morgan fingerprint density at radius 2 is 1.82 bits per heavy atom. The van der Waals surface area contributed by atoms with E-state index in [0.717, 1.165) is 29.4 Å². The standard InChI is InChI=1S/C24H26N2O6S/c1-16-10-21-18(14-31-22(21)11-17(16)2)12-24(28)32-15-23(27)25-19-6-5-7-20(13-19)33(29,30)26-8-3-4-9-26/h5-7,10-11,13-14H,3-4,8-9,12,15H2,1-2H3,(H,25,27). The predicted molar refractivity (Wildman–Crippen MR) is 123 cm³/mol. The van der Waals surface area contributed by atoms with Gasteiger partial charge in [-0.05, 0) is 68.1 Å². The lowest BCUT2D eigenvalue weighted by Crippen LogP contribution is -2.28. The number of carbonyl (C=O) groups excluding carboxylic acids is 2. The highest BCUT2D eigenvalue weighted by Crippen LogP contribution is 2.26. The highest BCUT2D eigenvalue weighted by molar-refractivity contribution is 7.89. The van der Waals surface area contributed by atoms with E-state index in [-0.39, 0.29) is 11.3 Å². The number of benzene rings is 2. The van der Waals surface area contributed by atoms with Crippen LogP contribution in [0.15, 0.2) is 52.0 Å². The smallest absolute Gasteiger partial charge is 0.310 e. The largest absolute Gasteiger partial charge is 0.464 e. The molecule has 2 heterocycles. The van der Waals surface area contributed by atoms with Gasteiger partial charge in [-0.15, -0.1) is 0 Å². The van der Waals surface area contributed by atoms with Gasteiger partial charge in [-0.2, -0.15) is 4.31 Å². The van der Waals surface area contributed by atoms with Crippen molar-refractivity contribution in [2.45, 2.75) is 38.0 Å². The van der Waals surface area contributed by atoms with Gasteiger partial charge >= 0.3 is 5.97 Å². The van der Waals surface area contributed by atoms with Crippen LogP contribution in [0.2, 0.25) is 0 Å². The number of carbonyl (C=O) groups is 2. The third-order valence-electron chi connectivity index (χ3n) is 5.79. The van der Waals surface area contributed by atoms with Crippen molar-refractivity contribution in [3.8, 4) is 0 Å². The Balaban J connectivity index is 1.34. The molecule has 2 aromatic carbocycles. The maximum Gasteiger partial charge on any atom is 0.310 e. The SMILES string of the molecule is Cc1cc2occ(CC(=O)OCC(=O)Nc3cccc(S(=O)(=O)N4CCCC4)c3)c2cc1C. The second kappa shape index (κ2) is 9.36. The number of aryl methyl sites for hydroxylation is 2. The summed E-state index contributed by atoms with van der Waals surface area (Å²) in [5.41, 5.74) is 3.90. The van der Waals surface area contributed by atoms with Gasteiger partial charge in [0.25, 0.3) is 5.91 Å². The van der Waals surface area contributed by atoms with E-state index in [0.29, 0.717) is 29.9 Å². The molecule has 0 unspecified atom stereocenters. The number of esters is 1. The number of rotatable bonds is 7. The number of hydrogen-bond donors (Lipinski definition) is 1. The minimum absolute atomic E-state index is 0.0215. The van der Waals surface area contributed by atoms with Gasteiger partial charge in [0, 0.05) is 29.7 Å². The third-order valence-corrected chi connectivity index (χ3v) is 7.68. The first-order valence-electron chi connectivity index (χ1n) is 10.8. The number of sulfonamides is 1. The van der Waals surface area contributed by atoms with Gasteiger partial charge in [0.15, 0.2) is 6.61 Å². The fraction of sp³-hybridized carbons (Fsp3) is 0.333. The first-order valence-corrected chi connectivity index (χ1v) is 12.2. The Morgan fingerprint density at radius 3 is 2.58 bits per heavy atom. The van der Waals surface area contributed by atoms with Gasteiger partial charge in [-0.25, -0.2) is 8.42 Å². The van der Waals surface area contributed by atoms with E-state index < -0.39 is 28.5 Å². The molecule has 1 aliphatic rings. The molecule has 1 aliphatic heterocycles. The number of amides is 1. The average Bonchev–Trinajstić information content (AvgIpc) is 3.45. The lowest BCUT2D eigenvalue weighted by Gasteiger charge is -2.16. The molecule has 0 saturated carbocycles. The molecule has 4 rings (SSSR count). The van der Waals surface area contributed by atoms with Crippen molar-refractivity contribution in [1.29, 1.82) is 0 Å². The maximum absolute atomic E-state index is 12.7. The van der Waals surface area contributed by atoms with Crippen LogP contribution in [0, 0.1) is 13.8 Å². The summed E-state index contributed by atoms with van der Waals surface area (Å²) in [4.78, 5) is 24.7. The molecule has 1 N–H and O–H groups in total. The minimum atomic E-state index is -3.59. The van der Waals surface area contributed by atoms with E-state index in [4.69, 9.17) is 9.15 Å². The number of hydrogen-bond acceptors (Lipinski definition) is 6.